The van der Waals surface area contributed by atoms with Gasteiger partial charge in [-0.25, -0.2) is 4.98 Å². The molecule has 0 bridgehead atoms. The van der Waals surface area contributed by atoms with Crippen molar-refractivity contribution in [1.82, 2.24) is 25.1 Å². The lowest BCUT2D eigenvalue weighted by molar-refractivity contribution is 0.0329. The molecule has 1 amide bonds. The highest BCUT2D eigenvalue weighted by Crippen LogP contribution is 2.39. The minimum atomic E-state index is -2.91. The zero-order valence-corrected chi connectivity index (χ0v) is 17.3. The van der Waals surface area contributed by atoms with Gasteiger partial charge in [-0.15, -0.1) is 10.2 Å². The second-order valence-corrected chi connectivity index (χ2v) is 7.58. The number of halogens is 3. The van der Waals surface area contributed by atoms with E-state index in [-0.39, 0.29) is 23.7 Å². The van der Waals surface area contributed by atoms with Crippen molar-refractivity contribution in [3.63, 3.8) is 0 Å². The molecule has 4 heterocycles. The van der Waals surface area contributed by atoms with Crippen LogP contribution in [0.1, 0.15) is 51.8 Å². The van der Waals surface area contributed by atoms with E-state index in [2.05, 4.69) is 20.2 Å². The van der Waals surface area contributed by atoms with E-state index in [0.29, 0.717) is 16.8 Å². The van der Waals surface area contributed by atoms with E-state index in [1.807, 2.05) is 0 Å². The van der Waals surface area contributed by atoms with Crippen LogP contribution in [-0.4, -0.2) is 36.1 Å². The van der Waals surface area contributed by atoms with E-state index in [1.165, 1.54) is 29.3 Å². The number of fused-ring (bicyclic) bond motifs is 1. The van der Waals surface area contributed by atoms with Gasteiger partial charge in [0.2, 0.25) is 11.8 Å². The van der Waals surface area contributed by atoms with Gasteiger partial charge in [-0.3, -0.25) is 9.78 Å². The molecule has 0 fully saturated rings. The average molecular weight is 467 g/mol. The summed E-state index contributed by atoms with van der Waals surface area (Å²) in [4.78, 5) is 22.9. The second kappa shape index (κ2) is 8.67. The molecule has 11 heteroatoms. The van der Waals surface area contributed by atoms with Crippen LogP contribution in [0.3, 0.4) is 0 Å². The summed E-state index contributed by atoms with van der Waals surface area (Å²) in [6.07, 6.45) is -2.76. The van der Waals surface area contributed by atoms with Gasteiger partial charge in [-0.1, -0.05) is 18.2 Å². The van der Waals surface area contributed by atoms with Crippen LogP contribution >= 0.6 is 0 Å². The molecule has 2 atom stereocenters. The van der Waals surface area contributed by atoms with Crippen molar-refractivity contribution in [3.8, 4) is 11.5 Å². The van der Waals surface area contributed by atoms with Crippen molar-refractivity contribution >= 4 is 5.91 Å². The summed E-state index contributed by atoms with van der Waals surface area (Å²) in [6.45, 7) is 0.133. The summed E-state index contributed by atoms with van der Waals surface area (Å²) in [5, 5.41) is 18.1. The SMILES string of the molecule is O=C1c2cc(-c3nnc(C(F)F)o3)ccc2CN1[C@H](c1ccccn1)[C@@H](O)c1cccc(F)n1. The zero-order valence-electron chi connectivity index (χ0n) is 17.3. The number of aliphatic hydroxyl groups excluding tert-OH is 1. The Morgan fingerprint density at radius 1 is 1.03 bits per heavy atom. The van der Waals surface area contributed by atoms with Crippen LogP contribution in [0.4, 0.5) is 13.2 Å². The van der Waals surface area contributed by atoms with Crippen molar-refractivity contribution in [2.45, 2.75) is 25.1 Å². The number of carbonyl (C=O) groups is 1. The van der Waals surface area contributed by atoms with Gasteiger partial charge in [0, 0.05) is 23.9 Å². The number of hydrogen-bond donors (Lipinski definition) is 1. The Morgan fingerprint density at radius 3 is 2.56 bits per heavy atom. The Morgan fingerprint density at radius 2 is 1.85 bits per heavy atom. The van der Waals surface area contributed by atoms with Crippen LogP contribution in [0.5, 0.6) is 0 Å². The number of aromatic nitrogens is 4. The summed E-state index contributed by atoms with van der Waals surface area (Å²) < 4.78 is 44.3. The third-order valence-corrected chi connectivity index (χ3v) is 5.48. The van der Waals surface area contributed by atoms with Crippen LogP contribution in [0.25, 0.3) is 11.5 Å². The largest absolute Gasteiger partial charge is 0.415 e. The molecule has 4 aromatic rings. The molecule has 0 radical (unpaired) electrons. The van der Waals surface area contributed by atoms with E-state index in [1.54, 1.807) is 30.3 Å². The average Bonchev–Trinajstić information content (AvgIpc) is 3.46. The Balaban J connectivity index is 1.51. The van der Waals surface area contributed by atoms with Crippen molar-refractivity contribution in [2.75, 3.05) is 0 Å². The van der Waals surface area contributed by atoms with Crippen LogP contribution in [0, 0.1) is 5.95 Å². The van der Waals surface area contributed by atoms with E-state index in [4.69, 9.17) is 4.42 Å². The van der Waals surface area contributed by atoms with Crippen molar-refractivity contribution in [2.24, 2.45) is 0 Å². The number of nitrogens with zero attached hydrogens (tertiary/aromatic N) is 5. The lowest BCUT2D eigenvalue weighted by Crippen LogP contribution is -2.34. The Kier molecular flexibility index (Phi) is 5.54. The predicted octanol–water partition coefficient (Wildman–Crippen LogP) is 4.03. The number of alkyl halides is 2. The number of aliphatic hydroxyl groups is 1. The van der Waals surface area contributed by atoms with Gasteiger partial charge < -0.3 is 14.4 Å². The molecule has 0 saturated heterocycles. The minimum Gasteiger partial charge on any atom is -0.415 e. The molecule has 0 unspecified atom stereocenters. The van der Waals surface area contributed by atoms with Gasteiger partial charge in [0.15, 0.2) is 0 Å². The fourth-order valence-electron chi connectivity index (χ4n) is 3.91. The van der Waals surface area contributed by atoms with Gasteiger partial charge in [0.1, 0.15) is 12.1 Å². The zero-order chi connectivity index (χ0) is 23.8. The number of pyridine rings is 2. The first-order valence-corrected chi connectivity index (χ1v) is 10.2. The molecule has 0 saturated carbocycles. The first kappa shape index (κ1) is 21.7. The molecule has 8 nitrogen and oxygen atoms in total. The maximum atomic E-state index is 13.7. The molecule has 34 heavy (non-hydrogen) atoms. The van der Waals surface area contributed by atoms with Crippen molar-refractivity contribution < 1.29 is 27.5 Å². The van der Waals surface area contributed by atoms with Crippen molar-refractivity contribution in [3.05, 3.63) is 95.1 Å². The third kappa shape index (κ3) is 3.90. The maximum absolute atomic E-state index is 13.7. The molecular weight excluding hydrogens is 451 g/mol. The number of carbonyl (C=O) groups excluding carboxylic acids is 1. The normalized spacial score (nSPS) is 15.0. The second-order valence-electron chi connectivity index (χ2n) is 7.58. The molecule has 172 valence electrons. The number of amides is 1. The van der Waals surface area contributed by atoms with Crippen LogP contribution in [0.15, 0.2) is 65.2 Å². The first-order chi connectivity index (χ1) is 16.4. The van der Waals surface area contributed by atoms with Crippen LogP contribution in [0.2, 0.25) is 0 Å². The Hall–Kier alpha value is -4.12. The molecule has 5 rings (SSSR count). The fraction of sp³-hybridized carbons (Fsp3) is 0.174. The number of benzene rings is 1. The minimum absolute atomic E-state index is 0.0467. The van der Waals surface area contributed by atoms with Gasteiger partial charge in [-0.2, -0.15) is 13.2 Å². The first-order valence-electron chi connectivity index (χ1n) is 10.2. The highest BCUT2D eigenvalue weighted by atomic mass is 19.3. The summed E-state index contributed by atoms with van der Waals surface area (Å²) in [6, 6.07) is 12.8. The van der Waals surface area contributed by atoms with Gasteiger partial charge >= 0.3 is 6.43 Å². The lowest BCUT2D eigenvalue weighted by atomic mass is 10.0. The molecule has 1 N–H and O–H groups in total. The summed E-state index contributed by atoms with van der Waals surface area (Å²) in [5.41, 5.74) is 1.67. The molecule has 1 aromatic carbocycles. The Bertz CT molecular complexity index is 1350. The van der Waals surface area contributed by atoms with Crippen LogP contribution in [-0.2, 0) is 6.54 Å². The highest BCUT2D eigenvalue weighted by Gasteiger charge is 2.39. The van der Waals surface area contributed by atoms with E-state index < -0.39 is 36.3 Å². The van der Waals surface area contributed by atoms with Gasteiger partial charge in [0.25, 0.3) is 11.8 Å². The quantitative estimate of drug-likeness (QED) is 0.427. The van der Waals surface area contributed by atoms with Crippen molar-refractivity contribution in [1.29, 1.82) is 0 Å². The van der Waals surface area contributed by atoms with E-state index in [9.17, 15) is 23.1 Å². The molecule has 1 aliphatic rings. The number of rotatable bonds is 6. The summed E-state index contributed by atoms with van der Waals surface area (Å²) >= 11 is 0. The fourth-order valence-corrected chi connectivity index (χ4v) is 3.91. The standard InChI is InChI=1S/C23H16F3N5O3/c24-17-6-3-5-16(28-17)19(32)18(15-4-1-2-9-27-15)31-11-13-8-7-12(10-14(13)23(31)33)21-29-30-22(34-21)20(25)26/h1-10,18-20,32H,11H2/t18-,19+/m1/s1. The molecule has 0 spiro atoms. The van der Waals surface area contributed by atoms with Gasteiger partial charge in [-0.05, 0) is 42.0 Å². The van der Waals surface area contributed by atoms with Gasteiger partial charge in [0.05, 0.1) is 11.4 Å². The van der Waals surface area contributed by atoms with E-state index >= 15 is 0 Å². The molecule has 3 aromatic heterocycles. The molecule has 1 aliphatic heterocycles. The molecule has 0 aliphatic carbocycles. The predicted molar refractivity (Wildman–Crippen MR) is 111 cm³/mol. The topological polar surface area (TPSA) is 105 Å². The van der Waals surface area contributed by atoms with Crippen LogP contribution < -0.4 is 0 Å². The summed E-state index contributed by atoms with van der Waals surface area (Å²) in [5.74, 6) is -2.16. The van der Waals surface area contributed by atoms with E-state index in [0.717, 1.165) is 6.07 Å². The Labute approximate surface area is 190 Å². The monoisotopic (exact) mass is 467 g/mol. The highest BCUT2D eigenvalue weighted by molar-refractivity contribution is 5.99. The summed E-state index contributed by atoms with van der Waals surface area (Å²) in [7, 11) is 0. The maximum Gasteiger partial charge on any atom is 0.314 e. The lowest BCUT2D eigenvalue weighted by Gasteiger charge is -2.31. The molecular formula is C23H16F3N5O3. The smallest absolute Gasteiger partial charge is 0.314 e. The number of hydrogen-bond acceptors (Lipinski definition) is 7. The third-order valence-electron chi connectivity index (χ3n) is 5.48.